The summed E-state index contributed by atoms with van der Waals surface area (Å²) < 4.78 is 4.73. The molecule has 4 heteroatoms. The molecule has 0 aromatic heterocycles. The van der Waals surface area contributed by atoms with Crippen molar-refractivity contribution < 1.29 is 14.3 Å². The monoisotopic (exact) mass is 287 g/mol. The highest BCUT2D eigenvalue weighted by Gasteiger charge is 2.24. The predicted molar refractivity (Wildman–Crippen MR) is 80.4 cm³/mol. The molecule has 0 saturated heterocycles. The Morgan fingerprint density at radius 1 is 1.29 bits per heavy atom. The summed E-state index contributed by atoms with van der Waals surface area (Å²) >= 11 is 0. The lowest BCUT2D eigenvalue weighted by Crippen LogP contribution is -2.35. The zero-order valence-electron chi connectivity index (χ0n) is 12.2. The number of ether oxygens (including phenoxy) is 1. The Morgan fingerprint density at radius 2 is 2.05 bits per heavy atom. The van der Waals surface area contributed by atoms with Gasteiger partial charge in [-0.05, 0) is 24.8 Å². The van der Waals surface area contributed by atoms with Gasteiger partial charge in [0.15, 0.2) is 0 Å². The van der Waals surface area contributed by atoms with Crippen molar-refractivity contribution >= 4 is 11.9 Å². The number of allylic oxidation sites excluding steroid dienone is 2. The van der Waals surface area contributed by atoms with E-state index in [1.54, 1.807) is 0 Å². The molecule has 21 heavy (non-hydrogen) atoms. The van der Waals surface area contributed by atoms with Crippen LogP contribution in [0.3, 0.4) is 0 Å². The van der Waals surface area contributed by atoms with Crippen LogP contribution in [0.1, 0.15) is 37.3 Å². The van der Waals surface area contributed by atoms with E-state index in [9.17, 15) is 9.59 Å². The molecule has 0 spiro atoms. The van der Waals surface area contributed by atoms with Crippen LogP contribution < -0.4 is 5.32 Å². The van der Waals surface area contributed by atoms with Crippen molar-refractivity contribution in [2.45, 2.75) is 31.7 Å². The van der Waals surface area contributed by atoms with E-state index in [0.29, 0.717) is 0 Å². The number of nitrogens with one attached hydrogen (secondary N) is 1. The Kier molecular flexibility index (Phi) is 5.55. The highest BCUT2D eigenvalue weighted by molar-refractivity contribution is 5.80. The van der Waals surface area contributed by atoms with Gasteiger partial charge in [-0.15, -0.1) is 0 Å². The molecule has 2 unspecified atom stereocenters. The lowest BCUT2D eigenvalue weighted by Gasteiger charge is -2.23. The fourth-order valence-electron chi connectivity index (χ4n) is 2.51. The van der Waals surface area contributed by atoms with Gasteiger partial charge in [0, 0.05) is 5.92 Å². The van der Waals surface area contributed by atoms with Crippen molar-refractivity contribution in [3.05, 3.63) is 48.0 Å². The van der Waals surface area contributed by atoms with Gasteiger partial charge in [0.25, 0.3) is 0 Å². The first kappa shape index (κ1) is 15.3. The minimum Gasteiger partial charge on any atom is -0.469 e. The number of esters is 1. The second kappa shape index (κ2) is 7.62. The zero-order valence-corrected chi connectivity index (χ0v) is 12.2. The van der Waals surface area contributed by atoms with Gasteiger partial charge in [-0.25, -0.2) is 0 Å². The van der Waals surface area contributed by atoms with Crippen LogP contribution in [0.4, 0.5) is 0 Å². The summed E-state index contributed by atoms with van der Waals surface area (Å²) in [5.74, 6) is -0.316. The second-order valence-corrected chi connectivity index (χ2v) is 5.23. The van der Waals surface area contributed by atoms with E-state index in [0.717, 1.165) is 24.8 Å². The fourth-order valence-corrected chi connectivity index (χ4v) is 2.51. The van der Waals surface area contributed by atoms with E-state index in [1.807, 2.05) is 36.4 Å². The minimum atomic E-state index is -0.336. The molecule has 1 aromatic rings. The maximum absolute atomic E-state index is 12.4. The molecule has 2 rings (SSSR count). The molecule has 4 nitrogen and oxygen atoms in total. The molecule has 1 amide bonds. The number of benzene rings is 1. The number of rotatable bonds is 5. The van der Waals surface area contributed by atoms with Crippen LogP contribution in [-0.2, 0) is 14.3 Å². The van der Waals surface area contributed by atoms with E-state index in [-0.39, 0.29) is 30.3 Å². The lowest BCUT2D eigenvalue weighted by atomic mass is 9.92. The van der Waals surface area contributed by atoms with Gasteiger partial charge in [0.2, 0.25) is 5.91 Å². The van der Waals surface area contributed by atoms with Crippen molar-refractivity contribution in [3.8, 4) is 0 Å². The van der Waals surface area contributed by atoms with E-state index in [2.05, 4.69) is 11.4 Å². The maximum Gasteiger partial charge on any atom is 0.307 e. The standard InChI is InChI=1S/C17H21NO3/c1-21-16(19)12-15(13-8-4-2-5-9-13)18-17(20)14-10-6-3-7-11-14/h2-6,8-9,14-15H,7,10-12H2,1H3,(H,18,20). The van der Waals surface area contributed by atoms with Crippen molar-refractivity contribution in [1.29, 1.82) is 0 Å². The van der Waals surface area contributed by atoms with Gasteiger partial charge in [0.05, 0.1) is 19.6 Å². The first-order valence-corrected chi connectivity index (χ1v) is 7.28. The smallest absolute Gasteiger partial charge is 0.307 e. The van der Waals surface area contributed by atoms with E-state index < -0.39 is 0 Å². The third kappa shape index (κ3) is 4.45. The summed E-state index contributed by atoms with van der Waals surface area (Å²) in [6, 6.07) is 9.19. The Labute approximate surface area is 125 Å². The molecule has 0 bridgehead atoms. The van der Waals surface area contributed by atoms with Crippen LogP contribution in [0.5, 0.6) is 0 Å². The van der Waals surface area contributed by atoms with Crippen molar-refractivity contribution in [2.24, 2.45) is 5.92 Å². The largest absolute Gasteiger partial charge is 0.469 e. The van der Waals surface area contributed by atoms with Crippen LogP contribution in [0.2, 0.25) is 0 Å². The molecule has 112 valence electrons. The fraction of sp³-hybridized carbons (Fsp3) is 0.412. The molecule has 0 fully saturated rings. The molecular weight excluding hydrogens is 266 g/mol. The summed E-state index contributed by atoms with van der Waals surface area (Å²) in [4.78, 5) is 23.9. The van der Waals surface area contributed by atoms with Gasteiger partial charge < -0.3 is 10.1 Å². The van der Waals surface area contributed by atoms with Gasteiger partial charge in [-0.2, -0.15) is 0 Å². The Balaban J connectivity index is 2.06. The summed E-state index contributed by atoms with van der Waals surface area (Å²) in [5.41, 5.74) is 0.919. The van der Waals surface area contributed by atoms with Crippen molar-refractivity contribution in [2.75, 3.05) is 7.11 Å². The molecule has 1 aliphatic rings. The van der Waals surface area contributed by atoms with E-state index in [1.165, 1.54) is 7.11 Å². The second-order valence-electron chi connectivity index (χ2n) is 5.23. The summed E-state index contributed by atoms with van der Waals surface area (Å²) in [6.45, 7) is 0. The number of methoxy groups -OCH3 is 1. The summed E-state index contributed by atoms with van der Waals surface area (Å²) in [5, 5.41) is 2.99. The summed E-state index contributed by atoms with van der Waals surface area (Å²) in [6.07, 6.45) is 6.87. The molecule has 1 aromatic carbocycles. The average Bonchev–Trinajstić information content (AvgIpc) is 2.55. The number of amides is 1. The highest BCUT2D eigenvalue weighted by Crippen LogP contribution is 2.22. The third-order valence-electron chi connectivity index (χ3n) is 3.76. The van der Waals surface area contributed by atoms with Gasteiger partial charge in [-0.1, -0.05) is 42.5 Å². The maximum atomic E-state index is 12.4. The van der Waals surface area contributed by atoms with Crippen LogP contribution in [0.15, 0.2) is 42.5 Å². The Bertz CT molecular complexity index is 510. The van der Waals surface area contributed by atoms with Gasteiger partial charge in [-0.3, -0.25) is 9.59 Å². The van der Waals surface area contributed by atoms with Gasteiger partial charge >= 0.3 is 5.97 Å². The number of carbonyl (C=O) groups is 2. The quantitative estimate of drug-likeness (QED) is 0.669. The number of hydrogen-bond acceptors (Lipinski definition) is 3. The molecule has 0 radical (unpaired) electrons. The highest BCUT2D eigenvalue weighted by atomic mass is 16.5. The van der Waals surface area contributed by atoms with Gasteiger partial charge in [0.1, 0.15) is 0 Å². The summed E-state index contributed by atoms with van der Waals surface area (Å²) in [7, 11) is 1.36. The van der Waals surface area contributed by atoms with Crippen LogP contribution in [0, 0.1) is 5.92 Å². The lowest BCUT2D eigenvalue weighted by molar-refractivity contribution is -0.141. The Morgan fingerprint density at radius 3 is 2.67 bits per heavy atom. The van der Waals surface area contributed by atoms with Crippen LogP contribution in [0.25, 0.3) is 0 Å². The molecule has 0 aliphatic heterocycles. The molecule has 1 aliphatic carbocycles. The topological polar surface area (TPSA) is 55.4 Å². The number of carbonyl (C=O) groups excluding carboxylic acids is 2. The van der Waals surface area contributed by atoms with E-state index in [4.69, 9.17) is 4.74 Å². The average molecular weight is 287 g/mol. The zero-order chi connectivity index (χ0) is 15.1. The SMILES string of the molecule is COC(=O)CC(NC(=O)C1CC=CCC1)c1ccccc1. The number of hydrogen-bond donors (Lipinski definition) is 1. The molecule has 2 atom stereocenters. The third-order valence-corrected chi connectivity index (χ3v) is 3.76. The first-order valence-electron chi connectivity index (χ1n) is 7.28. The Hall–Kier alpha value is -2.10. The van der Waals surface area contributed by atoms with Crippen molar-refractivity contribution in [3.63, 3.8) is 0 Å². The molecule has 0 heterocycles. The minimum absolute atomic E-state index is 0.00106. The first-order chi connectivity index (χ1) is 10.2. The molecule has 0 saturated carbocycles. The van der Waals surface area contributed by atoms with Crippen LogP contribution >= 0.6 is 0 Å². The normalized spacial score (nSPS) is 18.8. The predicted octanol–water partition coefficient (Wildman–Crippen LogP) is 2.76. The van der Waals surface area contributed by atoms with E-state index >= 15 is 0 Å². The molecule has 1 N–H and O–H groups in total. The van der Waals surface area contributed by atoms with Crippen molar-refractivity contribution in [1.82, 2.24) is 5.32 Å². The molecular formula is C17H21NO3. The van der Waals surface area contributed by atoms with Crippen LogP contribution in [-0.4, -0.2) is 19.0 Å².